The lowest BCUT2D eigenvalue weighted by molar-refractivity contribution is 0.0985. The van der Waals surface area contributed by atoms with Crippen LogP contribution in [0.4, 0.5) is 5.82 Å². The number of nitrogens with zero attached hydrogens (tertiary/aromatic N) is 2. The maximum atomic E-state index is 7.29. The fraction of sp³-hybridized carbons (Fsp3) is 0.455. The molecule has 2 heterocycles. The molecule has 3 N–H and O–H groups in total. The molecule has 1 saturated heterocycles. The van der Waals surface area contributed by atoms with Crippen LogP contribution in [0.1, 0.15) is 12.5 Å². The van der Waals surface area contributed by atoms with Gasteiger partial charge in [0, 0.05) is 18.3 Å². The quantitative estimate of drug-likeness (QED) is 0.565. The van der Waals surface area contributed by atoms with Gasteiger partial charge in [-0.05, 0) is 19.1 Å². The molecule has 5 heteroatoms. The number of nitrogens with one attached hydrogen (secondary N) is 1. The van der Waals surface area contributed by atoms with Gasteiger partial charge in [-0.15, -0.1) is 0 Å². The Balaban J connectivity index is 2.17. The van der Waals surface area contributed by atoms with E-state index in [9.17, 15) is 0 Å². The molecule has 1 aromatic rings. The number of ether oxygens (including phenoxy) is 1. The average Bonchev–Trinajstić information content (AvgIpc) is 2.30. The number of nitrogens with two attached hydrogens (primary N) is 1. The maximum Gasteiger partial charge on any atom is 0.128 e. The van der Waals surface area contributed by atoms with Crippen molar-refractivity contribution in [2.45, 2.75) is 13.0 Å². The van der Waals surface area contributed by atoms with E-state index in [4.69, 9.17) is 15.9 Å². The molecule has 0 bridgehead atoms. The molecule has 16 heavy (non-hydrogen) atoms. The van der Waals surface area contributed by atoms with Gasteiger partial charge in [-0.3, -0.25) is 5.41 Å². The molecule has 0 saturated carbocycles. The molecule has 2 rings (SSSR count). The molecule has 0 aliphatic carbocycles. The number of hydrogen-bond acceptors (Lipinski definition) is 4. The van der Waals surface area contributed by atoms with Gasteiger partial charge in [0.05, 0.1) is 19.3 Å². The first-order valence-corrected chi connectivity index (χ1v) is 5.33. The lowest BCUT2D eigenvalue weighted by Crippen LogP contribution is -2.44. The number of amidine groups is 1. The molecule has 5 nitrogen and oxygen atoms in total. The zero-order chi connectivity index (χ0) is 11.5. The first-order valence-electron chi connectivity index (χ1n) is 5.33. The van der Waals surface area contributed by atoms with Crippen molar-refractivity contribution in [3.63, 3.8) is 0 Å². The lowest BCUT2D eigenvalue weighted by atomic mass is 10.2. The Morgan fingerprint density at radius 1 is 1.62 bits per heavy atom. The van der Waals surface area contributed by atoms with E-state index >= 15 is 0 Å². The van der Waals surface area contributed by atoms with Crippen molar-refractivity contribution in [3.05, 3.63) is 23.9 Å². The number of rotatable bonds is 2. The smallest absolute Gasteiger partial charge is 0.128 e. The van der Waals surface area contributed by atoms with Crippen LogP contribution in [-0.2, 0) is 4.74 Å². The summed E-state index contributed by atoms with van der Waals surface area (Å²) in [5.41, 5.74) is 6.04. The van der Waals surface area contributed by atoms with Crippen LogP contribution in [0.3, 0.4) is 0 Å². The standard InChI is InChI=1S/C11H16N4O/c1-8-7-16-5-4-15(8)10-3-2-9(6-14-10)11(12)13/h2-3,6,8H,4-5,7H2,1H3,(H3,12,13). The summed E-state index contributed by atoms with van der Waals surface area (Å²) in [7, 11) is 0. The van der Waals surface area contributed by atoms with Gasteiger partial charge >= 0.3 is 0 Å². The van der Waals surface area contributed by atoms with Gasteiger partial charge in [0.15, 0.2) is 0 Å². The third-order valence-electron chi connectivity index (χ3n) is 2.72. The number of aromatic nitrogens is 1. The third kappa shape index (κ3) is 2.14. The Bertz CT molecular complexity index is 376. The summed E-state index contributed by atoms with van der Waals surface area (Å²) in [6.45, 7) is 4.43. The molecule has 1 unspecified atom stereocenters. The van der Waals surface area contributed by atoms with Gasteiger partial charge in [0.25, 0.3) is 0 Å². The Morgan fingerprint density at radius 2 is 2.44 bits per heavy atom. The van der Waals surface area contributed by atoms with Gasteiger partial charge in [0.1, 0.15) is 11.7 Å². The predicted molar refractivity (Wildman–Crippen MR) is 62.9 cm³/mol. The summed E-state index contributed by atoms with van der Waals surface area (Å²) >= 11 is 0. The molecule has 0 aromatic carbocycles. The highest BCUT2D eigenvalue weighted by atomic mass is 16.5. The highest BCUT2D eigenvalue weighted by molar-refractivity contribution is 5.94. The predicted octanol–water partition coefficient (Wildman–Crippen LogP) is 0.591. The van der Waals surface area contributed by atoms with Crippen molar-refractivity contribution in [3.8, 4) is 0 Å². The van der Waals surface area contributed by atoms with E-state index in [0.29, 0.717) is 11.6 Å². The summed E-state index contributed by atoms with van der Waals surface area (Å²) in [5.74, 6) is 0.967. The largest absolute Gasteiger partial charge is 0.384 e. The minimum atomic E-state index is 0.0501. The normalized spacial score (nSPS) is 20.8. The number of nitrogen functional groups attached to an aromatic ring is 1. The topological polar surface area (TPSA) is 75.2 Å². The molecule has 0 amide bonds. The van der Waals surface area contributed by atoms with Crippen molar-refractivity contribution >= 4 is 11.7 Å². The highest BCUT2D eigenvalue weighted by Crippen LogP contribution is 2.16. The fourth-order valence-electron chi connectivity index (χ4n) is 1.78. The van der Waals surface area contributed by atoms with Crippen LogP contribution >= 0.6 is 0 Å². The second-order valence-corrected chi connectivity index (χ2v) is 3.94. The van der Waals surface area contributed by atoms with Crippen molar-refractivity contribution in [2.24, 2.45) is 5.73 Å². The van der Waals surface area contributed by atoms with E-state index in [0.717, 1.165) is 25.6 Å². The summed E-state index contributed by atoms with van der Waals surface area (Å²) in [6, 6.07) is 4.07. The van der Waals surface area contributed by atoms with Crippen molar-refractivity contribution < 1.29 is 4.74 Å². The van der Waals surface area contributed by atoms with Gasteiger partial charge in [-0.25, -0.2) is 4.98 Å². The van der Waals surface area contributed by atoms with E-state index in [2.05, 4.69) is 16.8 Å². The van der Waals surface area contributed by atoms with Crippen LogP contribution < -0.4 is 10.6 Å². The first kappa shape index (κ1) is 10.9. The van der Waals surface area contributed by atoms with E-state index in [1.165, 1.54) is 0 Å². The summed E-state index contributed by atoms with van der Waals surface area (Å²) in [4.78, 5) is 6.53. The lowest BCUT2D eigenvalue weighted by Gasteiger charge is -2.34. The Hall–Kier alpha value is -1.62. The van der Waals surface area contributed by atoms with Crippen LogP contribution in [0.2, 0.25) is 0 Å². The molecule has 86 valence electrons. The fourth-order valence-corrected chi connectivity index (χ4v) is 1.78. The molecule has 1 aliphatic rings. The zero-order valence-corrected chi connectivity index (χ0v) is 9.31. The van der Waals surface area contributed by atoms with E-state index in [1.807, 2.05) is 12.1 Å². The number of anilines is 1. The van der Waals surface area contributed by atoms with Crippen LogP contribution in [0.5, 0.6) is 0 Å². The average molecular weight is 220 g/mol. The minimum Gasteiger partial charge on any atom is -0.384 e. The number of morpholine rings is 1. The van der Waals surface area contributed by atoms with Crippen molar-refractivity contribution in [1.29, 1.82) is 5.41 Å². The summed E-state index contributed by atoms with van der Waals surface area (Å²) in [5, 5.41) is 7.29. The van der Waals surface area contributed by atoms with Gasteiger partial charge < -0.3 is 15.4 Å². The monoisotopic (exact) mass is 220 g/mol. The van der Waals surface area contributed by atoms with E-state index in [1.54, 1.807) is 6.20 Å². The van der Waals surface area contributed by atoms with Gasteiger partial charge in [-0.1, -0.05) is 0 Å². The van der Waals surface area contributed by atoms with Crippen molar-refractivity contribution in [2.75, 3.05) is 24.7 Å². The molecule has 0 spiro atoms. The van der Waals surface area contributed by atoms with E-state index in [-0.39, 0.29) is 5.84 Å². The van der Waals surface area contributed by atoms with Crippen molar-refractivity contribution in [1.82, 2.24) is 4.98 Å². The second kappa shape index (κ2) is 4.49. The van der Waals surface area contributed by atoms with E-state index < -0.39 is 0 Å². The molecular weight excluding hydrogens is 204 g/mol. The third-order valence-corrected chi connectivity index (χ3v) is 2.72. The van der Waals surface area contributed by atoms with Gasteiger partial charge in [-0.2, -0.15) is 0 Å². The van der Waals surface area contributed by atoms with Gasteiger partial charge in [0.2, 0.25) is 0 Å². The molecule has 1 atom stereocenters. The van der Waals surface area contributed by atoms with Crippen LogP contribution in [0.25, 0.3) is 0 Å². The first-order chi connectivity index (χ1) is 7.68. The SMILES string of the molecule is CC1COCCN1c1ccc(C(=N)N)cn1. The number of pyridine rings is 1. The summed E-state index contributed by atoms with van der Waals surface area (Å²) in [6.07, 6.45) is 1.64. The molecule has 1 fully saturated rings. The molecule has 1 aromatic heterocycles. The molecular formula is C11H16N4O. The Morgan fingerprint density at radius 3 is 3.00 bits per heavy atom. The highest BCUT2D eigenvalue weighted by Gasteiger charge is 2.19. The van der Waals surface area contributed by atoms with Crippen LogP contribution in [0.15, 0.2) is 18.3 Å². The number of hydrogen-bond donors (Lipinski definition) is 2. The maximum absolute atomic E-state index is 7.29. The molecule has 0 radical (unpaired) electrons. The second-order valence-electron chi connectivity index (χ2n) is 3.94. The minimum absolute atomic E-state index is 0.0501. The van der Waals surface area contributed by atoms with Crippen LogP contribution in [-0.4, -0.2) is 36.6 Å². The Labute approximate surface area is 94.7 Å². The zero-order valence-electron chi connectivity index (χ0n) is 9.31. The summed E-state index contributed by atoms with van der Waals surface area (Å²) < 4.78 is 5.37. The van der Waals surface area contributed by atoms with Crippen LogP contribution in [0, 0.1) is 5.41 Å². The molecule has 1 aliphatic heterocycles. The Kier molecular flexibility index (Phi) is 3.05.